The fourth-order valence-corrected chi connectivity index (χ4v) is 4.14. The molecule has 31 heavy (non-hydrogen) atoms. The topological polar surface area (TPSA) is 127 Å². The third kappa shape index (κ3) is 11.1. The van der Waals surface area contributed by atoms with Crippen LogP contribution in [0.4, 0.5) is 0 Å². The summed E-state index contributed by atoms with van der Waals surface area (Å²) in [7, 11) is 0. The average Bonchev–Trinajstić information content (AvgIpc) is 2.74. The molecule has 4 atom stereocenters. The Balaban J connectivity index is 1.98. The summed E-state index contributed by atoms with van der Waals surface area (Å²) in [6, 6.07) is 0. The zero-order valence-corrected chi connectivity index (χ0v) is 19.5. The maximum Gasteiger partial charge on any atom is 0.306 e. The van der Waals surface area contributed by atoms with E-state index in [1.807, 2.05) is 0 Å². The lowest BCUT2D eigenvalue weighted by atomic mass is 9.85. The number of ether oxygens (including phenoxy) is 1. The lowest BCUT2D eigenvalue weighted by molar-refractivity contribution is -0.233. The first-order valence-electron chi connectivity index (χ1n) is 12.4. The molecule has 0 aromatic rings. The van der Waals surface area contributed by atoms with Crippen LogP contribution in [0.15, 0.2) is 0 Å². The van der Waals surface area contributed by atoms with Gasteiger partial charge in [-0.05, 0) is 12.3 Å². The van der Waals surface area contributed by atoms with Gasteiger partial charge in [-0.2, -0.15) is 0 Å². The summed E-state index contributed by atoms with van der Waals surface area (Å²) in [6.45, 7) is 4.56. The van der Waals surface area contributed by atoms with Crippen molar-refractivity contribution in [1.29, 1.82) is 0 Å². The second kappa shape index (κ2) is 16.0. The van der Waals surface area contributed by atoms with Crippen molar-refractivity contribution in [2.45, 2.75) is 140 Å². The molecule has 0 heterocycles. The number of esters is 1. The van der Waals surface area contributed by atoms with Crippen LogP contribution < -0.4 is 0 Å². The van der Waals surface area contributed by atoms with E-state index >= 15 is 0 Å². The molecule has 0 saturated heterocycles. The second-order valence-corrected chi connectivity index (χ2v) is 9.58. The lowest BCUT2D eigenvalue weighted by Gasteiger charge is -2.41. The molecule has 0 amide bonds. The molecule has 0 aliphatic heterocycles. The molecule has 5 N–H and O–H groups in total. The Labute approximate surface area is 187 Å². The minimum atomic E-state index is -1.69. The van der Waals surface area contributed by atoms with Crippen molar-refractivity contribution in [3.05, 3.63) is 0 Å². The van der Waals surface area contributed by atoms with Crippen LogP contribution in [-0.4, -0.2) is 68.1 Å². The first-order valence-corrected chi connectivity index (χ1v) is 12.4. The molecule has 0 radical (unpaired) electrons. The number of aliphatic hydroxyl groups excluding tert-OH is 5. The van der Waals surface area contributed by atoms with E-state index in [1.165, 1.54) is 57.8 Å². The average molecular weight is 447 g/mol. The van der Waals surface area contributed by atoms with E-state index in [0.29, 0.717) is 6.42 Å². The summed E-state index contributed by atoms with van der Waals surface area (Å²) in [5, 5.41) is 48.7. The van der Waals surface area contributed by atoms with Gasteiger partial charge in [0.15, 0.2) is 6.10 Å². The van der Waals surface area contributed by atoms with Crippen molar-refractivity contribution in [2.75, 3.05) is 0 Å². The first kappa shape index (κ1) is 28.3. The fraction of sp³-hybridized carbons (Fsp3) is 0.958. The molecule has 1 fully saturated rings. The van der Waals surface area contributed by atoms with Crippen LogP contribution in [0.5, 0.6) is 0 Å². The van der Waals surface area contributed by atoms with Crippen molar-refractivity contribution in [2.24, 2.45) is 5.92 Å². The maximum atomic E-state index is 12.0. The van der Waals surface area contributed by atoms with Crippen molar-refractivity contribution < 1.29 is 35.1 Å². The van der Waals surface area contributed by atoms with Gasteiger partial charge in [0.25, 0.3) is 0 Å². The summed E-state index contributed by atoms with van der Waals surface area (Å²) < 4.78 is 5.05. The molecule has 0 aromatic carbocycles. The third-order valence-electron chi connectivity index (χ3n) is 6.25. The summed E-state index contributed by atoms with van der Waals surface area (Å²) >= 11 is 0. The van der Waals surface area contributed by atoms with E-state index in [9.17, 15) is 30.3 Å². The van der Waals surface area contributed by atoms with Crippen LogP contribution in [0.1, 0.15) is 104 Å². The van der Waals surface area contributed by atoms with Gasteiger partial charge in [0.2, 0.25) is 0 Å². The van der Waals surface area contributed by atoms with E-state index < -0.39 is 42.6 Å². The Morgan fingerprint density at radius 3 is 1.39 bits per heavy atom. The molecule has 184 valence electrons. The minimum absolute atomic E-state index is 0.154. The standard InChI is InChI=1S/C24H46O7/c1-17(2)15-13-11-9-7-5-3-4-6-8-10-12-14-16-18(25)31-24-22(29)20(27)19(26)21(28)23(24)30/h17,19-24,26-30H,3-16H2,1-2H3. The Hall–Kier alpha value is -0.730. The predicted octanol–water partition coefficient (Wildman–Crippen LogP) is 2.83. The molecule has 1 aliphatic carbocycles. The van der Waals surface area contributed by atoms with Crippen molar-refractivity contribution >= 4 is 5.97 Å². The Kier molecular flexibility index (Phi) is 14.6. The highest BCUT2D eigenvalue weighted by Gasteiger charge is 2.50. The van der Waals surface area contributed by atoms with Gasteiger partial charge in [-0.1, -0.05) is 90.9 Å². The zero-order valence-electron chi connectivity index (χ0n) is 19.5. The lowest BCUT2D eigenvalue weighted by Crippen LogP contribution is -2.64. The van der Waals surface area contributed by atoms with Crippen molar-refractivity contribution in [1.82, 2.24) is 0 Å². The second-order valence-electron chi connectivity index (χ2n) is 9.58. The number of unbranched alkanes of at least 4 members (excludes halogenated alkanes) is 11. The van der Waals surface area contributed by atoms with Crippen LogP contribution in [-0.2, 0) is 9.53 Å². The van der Waals surface area contributed by atoms with E-state index in [4.69, 9.17) is 4.74 Å². The van der Waals surface area contributed by atoms with Gasteiger partial charge in [-0.3, -0.25) is 4.79 Å². The van der Waals surface area contributed by atoms with Crippen LogP contribution in [0.2, 0.25) is 0 Å². The first-order chi connectivity index (χ1) is 14.8. The van der Waals surface area contributed by atoms with Gasteiger partial charge in [-0.15, -0.1) is 0 Å². The summed E-state index contributed by atoms with van der Waals surface area (Å²) in [5.74, 6) is 0.230. The van der Waals surface area contributed by atoms with Crippen molar-refractivity contribution in [3.8, 4) is 0 Å². The molecule has 7 nitrogen and oxygen atoms in total. The Morgan fingerprint density at radius 2 is 0.968 bits per heavy atom. The van der Waals surface area contributed by atoms with Gasteiger partial charge >= 0.3 is 5.97 Å². The maximum absolute atomic E-state index is 12.0. The summed E-state index contributed by atoms with van der Waals surface area (Å²) in [5.41, 5.74) is 0. The van der Waals surface area contributed by atoms with Crippen LogP contribution in [0.25, 0.3) is 0 Å². The number of hydrogen-bond donors (Lipinski definition) is 5. The SMILES string of the molecule is CC(C)CCCCCCCCCCCCCCC(=O)OC1C(O)C(O)C(O)C(O)C1O. The zero-order chi connectivity index (χ0) is 23.2. The molecular formula is C24H46O7. The summed E-state index contributed by atoms with van der Waals surface area (Å²) in [6.07, 6.45) is 6.03. The fourth-order valence-electron chi connectivity index (χ4n) is 4.14. The minimum Gasteiger partial charge on any atom is -0.457 e. The predicted molar refractivity (Wildman–Crippen MR) is 119 cm³/mol. The number of carbonyl (C=O) groups is 1. The molecule has 1 saturated carbocycles. The molecule has 7 heteroatoms. The molecule has 1 rings (SSSR count). The number of carbonyl (C=O) groups excluding carboxylic acids is 1. The molecule has 4 unspecified atom stereocenters. The molecule has 0 aromatic heterocycles. The van der Waals surface area contributed by atoms with E-state index in [1.54, 1.807) is 0 Å². The van der Waals surface area contributed by atoms with Crippen LogP contribution >= 0.6 is 0 Å². The van der Waals surface area contributed by atoms with Gasteiger partial charge in [0.05, 0.1) is 0 Å². The van der Waals surface area contributed by atoms with Crippen LogP contribution in [0.3, 0.4) is 0 Å². The van der Waals surface area contributed by atoms with Gasteiger partial charge in [0.1, 0.15) is 30.5 Å². The highest BCUT2D eigenvalue weighted by Crippen LogP contribution is 2.24. The normalized spacial score (nSPS) is 28.8. The molecule has 0 bridgehead atoms. The number of hydrogen-bond acceptors (Lipinski definition) is 7. The number of rotatable bonds is 16. The quantitative estimate of drug-likeness (QED) is 0.182. The van der Waals surface area contributed by atoms with E-state index in [2.05, 4.69) is 13.8 Å². The Bertz CT molecular complexity index is 455. The smallest absolute Gasteiger partial charge is 0.306 e. The molecular weight excluding hydrogens is 400 g/mol. The monoisotopic (exact) mass is 446 g/mol. The Morgan fingerprint density at radius 1 is 0.613 bits per heavy atom. The van der Waals surface area contributed by atoms with Gasteiger partial charge in [-0.25, -0.2) is 0 Å². The van der Waals surface area contributed by atoms with Gasteiger partial charge in [0, 0.05) is 6.42 Å². The molecule has 0 spiro atoms. The van der Waals surface area contributed by atoms with E-state index in [-0.39, 0.29) is 6.42 Å². The highest BCUT2D eigenvalue weighted by molar-refractivity contribution is 5.69. The number of aliphatic hydroxyl groups is 5. The highest BCUT2D eigenvalue weighted by atomic mass is 16.6. The van der Waals surface area contributed by atoms with Crippen molar-refractivity contribution in [3.63, 3.8) is 0 Å². The van der Waals surface area contributed by atoms with E-state index in [0.717, 1.165) is 25.2 Å². The molecule has 1 aliphatic rings. The van der Waals surface area contributed by atoms with Crippen LogP contribution in [0, 0.1) is 5.92 Å². The third-order valence-corrected chi connectivity index (χ3v) is 6.25. The van der Waals surface area contributed by atoms with Gasteiger partial charge < -0.3 is 30.3 Å². The largest absolute Gasteiger partial charge is 0.457 e. The summed E-state index contributed by atoms with van der Waals surface area (Å²) in [4.78, 5) is 12.0.